The van der Waals surface area contributed by atoms with Gasteiger partial charge in [-0.05, 0) is 19.9 Å². The molecular formula is C11H12F3NO2. The Morgan fingerprint density at radius 2 is 2.12 bits per heavy atom. The smallest absolute Gasteiger partial charge is 0.392 e. The number of aromatic nitrogens is 1. The normalized spacial score (nSPS) is 11.4. The maximum absolute atomic E-state index is 11.9. The first-order chi connectivity index (χ1) is 7.79. The zero-order chi connectivity index (χ0) is 13.1. The molecule has 0 aliphatic rings. The molecule has 3 nitrogen and oxygen atoms in total. The summed E-state index contributed by atoms with van der Waals surface area (Å²) in [5.74, 6) is -0.0262. The second kappa shape index (κ2) is 5.16. The van der Waals surface area contributed by atoms with E-state index in [1.165, 1.54) is 19.2 Å². The lowest BCUT2D eigenvalue weighted by atomic mass is 10.1. The van der Waals surface area contributed by atoms with Gasteiger partial charge in [-0.2, -0.15) is 13.2 Å². The van der Waals surface area contributed by atoms with Crippen LogP contribution in [0, 0.1) is 6.92 Å². The molecule has 6 heteroatoms. The van der Waals surface area contributed by atoms with Gasteiger partial charge >= 0.3 is 6.18 Å². The molecule has 0 saturated carbocycles. The van der Waals surface area contributed by atoms with Crippen LogP contribution < -0.4 is 4.74 Å². The maximum Gasteiger partial charge on any atom is 0.392 e. The van der Waals surface area contributed by atoms with E-state index in [2.05, 4.69) is 4.98 Å². The van der Waals surface area contributed by atoms with E-state index in [1.807, 2.05) is 0 Å². The zero-order valence-electron chi connectivity index (χ0n) is 9.47. The van der Waals surface area contributed by atoms with Gasteiger partial charge in [0.2, 0.25) is 5.88 Å². The highest BCUT2D eigenvalue weighted by molar-refractivity contribution is 5.93. The van der Waals surface area contributed by atoms with Gasteiger partial charge in [-0.15, -0.1) is 0 Å². The SMILES string of the molecule is CC(=O)c1cnc(OCCC(F)(F)F)c(C)c1. The molecule has 0 fully saturated rings. The average Bonchev–Trinajstić information content (AvgIpc) is 2.18. The minimum Gasteiger partial charge on any atom is -0.477 e. The van der Waals surface area contributed by atoms with E-state index in [4.69, 9.17) is 4.74 Å². The van der Waals surface area contributed by atoms with Crippen LogP contribution in [0.2, 0.25) is 0 Å². The number of pyridine rings is 1. The van der Waals surface area contributed by atoms with Crippen molar-refractivity contribution >= 4 is 5.78 Å². The van der Waals surface area contributed by atoms with Crippen LogP contribution in [-0.4, -0.2) is 23.6 Å². The molecular weight excluding hydrogens is 235 g/mol. The fourth-order valence-corrected chi connectivity index (χ4v) is 1.17. The first kappa shape index (κ1) is 13.5. The van der Waals surface area contributed by atoms with Gasteiger partial charge in [0.05, 0.1) is 13.0 Å². The number of carbonyl (C=O) groups excluding carboxylic acids is 1. The second-order valence-electron chi connectivity index (χ2n) is 3.62. The number of aryl methyl sites for hydroxylation is 1. The first-order valence-electron chi connectivity index (χ1n) is 4.97. The Morgan fingerprint density at radius 3 is 2.59 bits per heavy atom. The number of alkyl halides is 3. The summed E-state index contributed by atoms with van der Waals surface area (Å²) in [5, 5.41) is 0. The van der Waals surface area contributed by atoms with Crippen molar-refractivity contribution in [1.29, 1.82) is 0 Å². The number of ketones is 1. The van der Waals surface area contributed by atoms with E-state index >= 15 is 0 Å². The number of rotatable bonds is 4. The lowest BCUT2D eigenvalue weighted by Gasteiger charge is -2.10. The topological polar surface area (TPSA) is 39.2 Å². The molecule has 0 unspecified atom stereocenters. The number of carbonyl (C=O) groups is 1. The fourth-order valence-electron chi connectivity index (χ4n) is 1.17. The lowest BCUT2D eigenvalue weighted by Crippen LogP contribution is -2.14. The molecule has 0 atom stereocenters. The third-order valence-electron chi connectivity index (χ3n) is 2.06. The Kier molecular flexibility index (Phi) is 4.09. The van der Waals surface area contributed by atoms with E-state index in [-0.39, 0.29) is 11.7 Å². The van der Waals surface area contributed by atoms with Gasteiger partial charge in [-0.3, -0.25) is 4.79 Å². The Balaban J connectivity index is 2.64. The number of hydrogen-bond donors (Lipinski definition) is 0. The van der Waals surface area contributed by atoms with Crippen molar-refractivity contribution in [2.24, 2.45) is 0 Å². The predicted octanol–water partition coefficient (Wildman–Crippen LogP) is 2.92. The number of Topliss-reactive ketones (excluding diaryl/α,β-unsaturated/α-hetero) is 1. The molecule has 1 aromatic rings. The second-order valence-corrected chi connectivity index (χ2v) is 3.62. The van der Waals surface area contributed by atoms with E-state index < -0.39 is 19.2 Å². The summed E-state index contributed by atoms with van der Waals surface area (Å²) in [7, 11) is 0. The Morgan fingerprint density at radius 1 is 1.47 bits per heavy atom. The third-order valence-corrected chi connectivity index (χ3v) is 2.06. The summed E-state index contributed by atoms with van der Waals surface area (Å²) >= 11 is 0. The quantitative estimate of drug-likeness (QED) is 0.768. The van der Waals surface area contributed by atoms with Gasteiger partial charge < -0.3 is 4.74 Å². The van der Waals surface area contributed by atoms with Crippen LogP contribution in [0.1, 0.15) is 29.3 Å². The van der Waals surface area contributed by atoms with Gasteiger partial charge in [0.1, 0.15) is 0 Å². The molecule has 0 aliphatic carbocycles. The van der Waals surface area contributed by atoms with Crippen molar-refractivity contribution in [3.8, 4) is 5.88 Å². The summed E-state index contributed by atoms with van der Waals surface area (Å²) in [6.45, 7) is 2.54. The van der Waals surface area contributed by atoms with E-state index in [0.29, 0.717) is 11.1 Å². The number of hydrogen-bond acceptors (Lipinski definition) is 3. The first-order valence-corrected chi connectivity index (χ1v) is 4.97. The van der Waals surface area contributed by atoms with Gasteiger partial charge in [0.25, 0.3) is 0 Å². The molecule has 1 rings (SSSR count). The van der Waals surface area contributed by atoms with Crippen molar-refractivity contribution in [1.82, 2.24) is 4.98 Å². The molecule has 17 heavy (non-hydrogen) atoms. The van der Waals surface area contributed by atoms with Crippen LogP contribution >= 0.6 is 0 Å². The average molecular weight is 247 g/mol. The van der Waals surface area contributed by atoms with Gasteiger partial charge in [-0.25, -0.2) is 4.98 Å². The van der Waals surface area contributed by atoms with Gasteiger partial charge in [0, 0.05) is 17.3 Å². The van der Waals surface area contributed by atoms with Crippen LogP contribution in [0.25, 0.3) is 0 Å². The highest BCUT2D eigenvalue weighted by Gasteiger charge is 2.27. The molecule has 0 aliphatic heterocycles. The number of halogens is 3. The number of ether oxygens (including phenoxy) is 1. The summed E-state index contributed by atoms with van der Waals surface area (Å²) in [5.41, 5.74) is 0.950. The summed E-state index contributed by atoms with van der Waals surface area (Å²) < 4.78 is 40.6. The highest BCUT2D eigenvalue weighted by atomic mass is 19.4. The molecule has 0 spiro atoms. The van der Waals surface area contributed by atoms with Crippen molar-refractivity contribution in [2.45, 2.75) is 26.4 Å². The minimum absolute atomic E-state index is 0.124. The monoisotopic (exact) mass is 247 g/mol. The van der Waals surface area contributed by atoms with Gasteiger partial charge in [-0.1, -0.05) is 0 Å². The molecule has 1 aromatic heterocycles. The summed E-state index contributed by atoms with van der Waals surface area (Å²) in [6, 6.07) is 1.54. The number of nitrogens with zero attached hydrogens (tertiary/aromatic N) is 1. The summed E-state index contributed by atoms with van der Waals surface area (Å²) in [6.07, 6.45) is -3.98. The molecule has 0 aromatic carbocycles. The lowest BCUT2D eigenvalue weighted by molar-refractivity contribution is -0.139. The zero-order valence-corrected chi connectivity index (χ0v) is 9.47. The Hall–Kier alpha value is -1.59. The van der Waals surface area contributed by atoms with Crippen molar-refractivity contribution in [3.05, 3.63) is 23.4 Å². The molecule has 0 radical (unpaired) electrons. The summed E-state index contributed by atoms with van der Waals surface area (Å²) in [4.78, 5) is 14.8. The van der Waals surface area contributed by atoms with Crippen molar-refractivity contribution in [2.75, 3.05) is 6.61 Å². The van der Waals surface area contributed by atoms with Gasteiger partial charge in [0.15, 0.2) is 5.78 Å². The molecule has 1 heterocycles. The molecule has 0 N–H and O–H groups in total. The Bertz CT molecular complexity index is 416. The molecule has 0 bridgehead atoms. The molecule has 0 amide bonds. The van der Waals surface area contributed by atoms with E-state index in [9.17, 15) is 18.0 Å². The van der Waals surface area contributed by atoms with Crippen molar-refractivity contribution < 1.29 is 22.7 Å². The van der Waals surface area contributed by atoms with Crippen LogP contribution in [0.4, 0.5) is 13.2 Å². The Labute approximate surface area is 96.6 Å². The molecule has 94 valence electrons. The maximum atomic E-state index is 11.9. The standard InChI is InChI=1S/C11H12F3NO2/c1-7-5-9(8(2)16)6-15-10(7)17-4-3-11(12,13)14/h5-6H,3-4H2,1-2H3. The molecule has 0 saturated heterocycles. The van der Waals surface area contributed by atoms with Crippen LogP contribution in [-0.2, 0) is 0 Å². The highest BCUT2D eigenvalue weighted by Crippen LogP contribution is 2.21. The van der Waals surface area contributed by atoms with E-state index in [1.54, 1.807) is 6.92 Å². The van der Waals surface area contributed by atoms with Crippen LogP contribution in [0.15, 0.2) is 12.3 Å². The van der Waals surface area contributed by atoms with Crippen molar-refractivity contribution in [3.63, 3.8) is 0 Å². The third kappa shape index (κ3) is 4.42. The minimum atomic E-state index is -4.24. The largest absolute Gasteiger partial charge is 0.477 e. The van der Waals surface area contributed by atoms with Crippen LogP contribution in [0.5, 0.6) is 5.88 Å². The fraction of sp³-hybridized carbons (Fsp3) is 0.455. The van der Waals surface area contributed by atoms with E-state index in [0.717, 1.165) is 0 Å². The van der Waals surface area contributed by atoms with Crippen LogP contribution in [0.3, 0.4) is 0 Å². The predicted molar refractivity (Wildman–Crippen MR) is 55.1 cm³/mol.